The molecular weight excluding hydrogens is 459 g/mol. The average molecular weight is 477 g/mol. The number of benzene rings is 3. The Morgan fingerprint density at radius 3 is 2.36 bits per heavy atom. The number of carbonyl (C=O) groups is 2. The summed E-state index contributed by atoms with van der Waals surface area (Å²) in [5.74, 6) is -0.441. The van der Waals surface area contributed by atoms with Gasteiger partial charge in [-0.25, -0.2) is 4.39 Å². The summed E-state index contributed by atoms with van der Waals surface area (Å²) in [5, 5.41) is 0. The predicted molar refractivity (Wildman–Crippen MR) is 132 cm³/mol. The van der Waals surface area contributed by atoms with Crippen molar-refractivity contribution in [1.29, 1.82) is 0 Å². The third-order valence-corrected chi connectivity index (χ3v) is 6.91. The zero-order chi connectivity index (χ0) is 23.1. The minimum atomic E-state index is -0.387. The van der Waals surface area contributed by atoms with Gasteiger partial charge in [-0.3, -0.25) is 14.5 Å². The van der Waals surface area contributed by atoms with Crippen LogP contribution in [0.25, 0.3) is 5.57 Å². The number of anilines is 2. The number of halogens is 1. The molecule has 0 spiro atoms. The number of ether oxygens (including phenoxy) is 1. The molecule has 1 fully saturated rings. The molecule has 2 aliphatic heterocycles. The van der Waals surface area contributed by atoms with Gasteiger partial charge in [-0.2, -0.15) is 0 Å². The Labute approximate surface area is 199 Å². The summed E-state index contributed by atoms with van der Waals surface area (Å²) in [4.78, 5) is 30.2. The van der Waals surface area contributed by atoms with Gasteiger partial charge >= 0.3 is 0 Å². The molecule has 0 saturated carbocycles. The summed E-state index contributed by atoms with van der Waals surface area (Å²) in [6.45, 7) is 0.0603. The molecule has 3 aromatic carbocycles. The largest absolute Gasteiger partial charge is 0.497 e. The van der Waals surface area contributed by atoms with Gasteiger partial charge in [0.25, 0.3) is 11.8 Å². The smallest absolute Gasteiger partial charge is 0.271 e. The summed E-state index contributed by atoms with van der Waals surface area (Å²) < 4.78 is 19.8. The van der Waals surface area contributed by atoms with E-state index in [0.29, 0.717) is 32.6 Å². The molecule has 8 heteroatoms. The second-order valence-corrected chi connectivity index (χ2v) is 9.05. The van der Waals surface area contributed by atoms with Crippen molar-refractivity contribution in [3.05, 3.63) is 94.6 Å². The first-order chi connectivity index (χ1) is 16.0. The van der Waals surface area contributed by atoms with Gasteiger partial charge in [-0.15, -0.1) is 0 Å². The lowest BCUT2D eigenvalue weighted by molar-refractivity contribution is -0.115. The molecule has 3 aromatic rings. The maximum Gasteiger partial charge on any atom is 0.271 e. The summed E-state index contributed by atoms with van der Waals surface area (Å²) >= 11 is 6.59. The summed E-state index contributed by atoms with van der Waals surface area (Å²) in [5.41, 5.74) is 2.54. The van der Waals surface area contributed by atoms with Crippen molar-refractivity contribution < 1.29 is 18.7 Å². The number of nitrogens with zero attached hydrogens (tertiary/aromatic N) is 2. The van der Waals surface area contributed by atoms with Crippen LogP contribution in [0.2, 0.25) is 0 Å². The zero-order valence-electron chi connectivity index (χ0n) is 17.4. The number of rotatable bonds is 4. The molecule has 2 amide bonds. The van der Waals surface area contributed by atoms with Crippen molar-refractivity contribution in [2.75, 3.05) is 16.9 Å². The predicted octanol–water partition coefficient (Wildman–Crippen LogP) is 5.16. The summed E-state index contributed by atoms with van der Waals surface area (Å²) in [7, 11) is 1.56. The normalized spacial score (nSPS) is 17.7. The molecular formula is C25H17FN2O3S2. The molecule has 0 bridgehead atoms. The lowest BCUT2D eigenvalue weighted by Gasteiger charge is -2.17. The monoisotopic (exact) mass is 476 g/mol. The Bertz CT molecular complexity index is 1340. The van der Waals surface area contributed by atoms with Crippen LogP contribution in [0.15, 0.2) is 77.7 Å². The molecule has 0 aliphatic carbocycles. The van der Waals surface area contributed by atoms with Crippen molar-refractivity contribution >= 4 is 57.1 Å². The standard InChI is InChI=1S/C25H17FN2O3S2/c1-31-17-12-10-16(11-13-17)28-24(30)22(33-25(28)32)21-18-7-3-5-9-20(18)27(23(21)29)14-15-6-2-4-8-19(15)26/h2-13H,14H2,1H3/b22-21+. The SMILES string of the molecule is COc1ccc(N2C(=O)/C(=C3\C(=O)N(Cc4ccccc4F)c4ccccc43)SC2=S)cc1. The molecule has 0 N–H and O–H groups in total. The average Bonchev–Trinajstić information content (AvgIpc) is 3.27. The molecule has 0 aromatic heterocycles. The van der Waals surface area contributed by atoms with E-state index in [-0.39, 0.29) is 34.7 Å². The van der Waals surface area contributed by atoms with Crippen LogP contribution in [0.4, 0.5) is 15.8 Å². The third-order valence-electron chi connectivity index (χ3n) is 5.54. The van der Waals surface area contributed by atoms with Gasteiger partial charge in [0, 0.05) is 11.1 Å². The van der Waals surface area contributed by atoms with E-state index in [9.17, 15) is 14.0 Å². The lowest BCUT2D eigenvalue weighted by atomic mass is 10.1. The van der Waals surface area contributed by atoms with Gasteiger partial charge in [-0.05, 0) is 36.4 Å². The molecule has 0 unspecified atom stereocenters. The fraction of sp³-hybridized carbons (Fsp3) is 0.0800. The highest BCUT2D eigenvalue weighted by Crippen LogP contribution is 2.46. The van der Waals surface area contributed by atoms with E-state index in [2.05, 4.69) is 0 Å². The number of para-hydroxylation sites is 1. The highest BCUT2D eigenvalue weighted by molar-refractivity contribution is 8.27. The number of hydrogen-bond donors (Lipinski definition) is 0. The minimum absolute atomic E-state index is 0.0603. The second kappa shape index (κ2) is 8.46. The van der Waals surface area contributed by atoms with Crippen molar-refractivity contribution in [2.24, 2.45) is 0 Å². The Hall–Kier alpha value is -3.49. The first-order valence-corrected chi connectivity index (χ1v) is 11.3. The molecule has 1 saturated heterocycles. The fourth-order valence-electron chi connectivity index (χ4n) is 3.93. The van der Waals surface area contributed by atoms with Crippen LogP contribution >= 0.6 is 24.0 Å². The van der Waals surface area contributed by atoms with E-state index >= 15 is 0 Å². The highest BCUT2D eigenvalue weighted by Gasteiger charge is 2.42. The Morgan fingerprint density at radius 1 is 0.939 bits per heavy atom. The van der Waals surface area contributed by atoms with E-state index in [1.165, 1.54) is 15.9 Å². The highest BCUT2D eigenvalue weighted by atomic mass is 32.2. The zero-order valence-corrected chi connectivity index (χ0v) is 19.1. The quantitative estimate of drug-likeness (QED) is 0.385. The van der Waals surface area contributed by atoms with Gasteiger partial charge in [-0.1, -0.05) is 60.4 Å². The van der Waals surface area contributed by atoms with E-state index in [0.717, 1.165) is 11.8 Å². The Morgan fingerprint density at radius 2 is 1.64 bits per heavy atom. The van der Waals surface area contributed by atoms with Crippen molar-refractivity contribution in [1.82, 2.24) is 0 Å². The van der Waals surface area contributed by atoms with Crippen LogP contribution in [-0.4, -0.2) is 23.2 Å². The van der Waals surface area contributed by atoms with E-state index < -0.39 is 0 Å². The van der Waals surface area contributed by atoms with Crippen LogP contribution in [0.3, 0.4) is 0 Å². The summed E-state index contributed by atoms with van der Waals surface area (Å²) in [6.07, 6.45) is 0. The molecule has 2 heterocycles. The van der Waals surface area contributed by atoms with Crippen LogP contribution in [-0.2, 0) is 16.1 Å². The van der Waals surface area contributed by atoms with Gasteiger partial charge in [0.05, 0.1) is 35.5 Å². The molecule has 5 nitrogen and oxygen atoms in total. The summed E-state index contributed by atoms with van der Waals surface area (Å²) in [6, 6.07) is 20.5. The van der Waals surface area contributed by atoms with Gasteiger partial charge in [0.15, 0.2) is 4.32 Å². The lowest BCUT2D eigenvalue weighted by Crippen LogP contribution is -2.29. The number of thiocarbonyl (C=S) groups is 1. The maximum absolute atomic E-state index is 14.3. The Kier molecular flexibility index (Phi) is 5.47. The van der Waals surface area contributed by atoms with E-state index in [4.69, 9.17) is 17.0 Å². The number of amides is 2. The second-order valence-electron chi connectivity index (χ2n) is 7.41. The first kappa shape index (κ1) is 21.4. The Balaban J connectivity index is 1.56. The number of hydrogen-bond acceptors (Lipinski definition) is 5. The van der Waals surface area contributed by atoms with Crippen LogP contribution in [0, 0.1) is 5.82 Å². The third kappa shape index (κ3) is 3.61. The van der Waals surface area contributed by atoms with Crippen LogP contribution in [0.5, 0.6) is 5.75 Å². The number of methoxy groups -OCH3 is 1. The molecule has 164 valence electrons. The van der Waals surface area contributed by atoms with Crippen LogP contribution < -0.4 is 14.5 Å². The van der Waals surface area contributed by atoms with Gasteiger partial charge in [0.1, 0.15) is 11.6 Å². The molecule has 2 aliphatic rings. The van der Waals surface area contributed by atoms with Crippen LogP contribution in [0.1, 0.15) is 11.1 Å². The van der Waals surface area contributed by atoms with Crippen molar-refractivity contribution in [3.63, 3.8) is 0 Å². The van der Waals surface area contributed by atoms with Gasteiger partial charge in [0.2, 0.25) is 0 Å². The minimum Gasteiger partial charge on any atom is -0.497 e. The molecule has 0 radical (unpaired) electrons. The molecule has 33 heavy (non-hydrogen) atoms. The maximum atomic E-state index is 14.3. The number of thioether (sulfide) groups is 1. The van der Waals surface area contributed by atoms with E-state index in [1.807, 2.05) is 12.1 Å². The fourth-order valence-corrected chi connectivity index (χ4v) is 5.30. The topological polar surface area (TPSA) is 49.9 Å². The number of carbonyl (C=O) groups excluding carboxylic acids is 2. The first-order valence-electron chi connectivity index (χ1n) is 10.1. The molecule has 5 rings (SSSR count). The van der Waals surface area contributed by atoms with Crippen molar-refractivity contribution in [2.45, 2.75) is 6.54 Å². The van der Waals surface area contributed by atoms with Crippen molar-refractivity contribution in [3.8, 4) is 5.75 Å². The van der Waals surface area contributed by atoms with E-state index in [1.54, 1.807) is 61.7 Å². The molecule has 0 atom stereocenters. The van der Waals surface area contributed by atoms with Gasteiger partial charge < -0.3 is 9.64 Å². The number of fused-ring (bicyclic) bond motifs is 1.